The van der Waals surface area contributed by atoms with Crippen molar-refractivity contribution < 1.29 is 9.90 Å². The molecule has 1 aliphatic heterocycles. The van der Waals surface area contributed by atoms with Crippen molar-refractivity contribution in [3.8, 4) is 5.75 Å². The zero-order chi connectivity index (χ0) is 13.1. The highest BCUT2D eigenvalue weighted by Gasteiger charge is 2.51. The second-order valence-electron chi connectivity index (χ2n) is 5.98. The fourth-order valence-electron chi connectivity index (χ4n) is 3.69. The van der Waals surface area contributed by atoms with E-state index in [1.807, 2.05) is 7.05 Å². The average molecular weight is 245 g/mol. The molecule has 0 aromatic heterocycles. The summed E-state index contributed by atoms with van der Waals surface area (Å²) in [4.78, 5) is 14.7. The minimum atomic E-state index is -0.0132. The lowest BCUT2D eigenvalue weighted by Gasteiger charge is -2.52. The standard InChI is InChI=1S/C15H19NO2/c1-9-13-14(18)11-5-4-10(17)8-12(11)15(9,2)6-7-16(13)3/h4-5,8-9,13,17H,6-7H2,1-3H3/t9-,13?,15-/m0/s1. The van der Waals surface area contributed by atoms with Crippen molar-refractivity contribution in [1.82, 2.24) is 4.90 Å². The number of likely N-dealkylation sites (N-methyl/N-ethyl adjacent to an activating group) is 1. The number of benzene rings is 1. The number of rotatable bonds is 0. The van der Waals surface area contributed by atoms with E-state index in [4.69, 9.17) is 0 Å². The van der Waals surface area contributed by atoms with E-state index in [-0.39, 0.29) is 28.9 Å². The molecule has 1 heterocycles. The summed E-state index contributed by atoms with van der Waals surface area (Å²) in [5, 5.41) is 9.70. The third-order valence-corrected chi connectivity index (χ3v) is 5.09. The number of phenolic OH excluding ortho intramolecular Hbond substituents is 1. The first kappa shape index (κ1) is 11.7. The van der Waals surface area contributed by atoms with Gasteiger partial charge in [0.05, 0.1) is 6.04 Å². The number of fused-ring (bicyclic) bond motifs is 4. The first-order chi connectivity index (χ1) is 8.45. The van der Waals surface area contributed by atoms with Gasteiger partial charge >= 0.3 is 0 Å². The zero-order valence-electron chi connectivity index (χ0n) is 11.1. The van der Waals surface area contributed by atoms with Gasteiger partial charge in [0.2, 0.25) is 0 Å². The fraction of sp³-hybridized carbons (Fsp3) is 0.533. The Hall–Kier alpha value is -1.35. The van der Waals surface area contributed by atoms with Crippen LogP contribution in [0.15, 0.2) is 18.2 Å². The first-order valence-corrected chi connectivity index (χ1v) is 6.53. The zero-order valence-corrected chi connectivity index (χ0v) is 11.1. The summed E-state index contributed by atoms with van der Waals surface area (Å²) in [6, 6.07) is 5.17. The molecule has 18 heavy (non-hydrogen) atoms. The van der Waals surface area contributed by atoms with Crippen molar-refractivity contribution in [2.24, 2.45) is 5.92 Å². The van der Waals surface area contributed by atoms with Crippen LogP contribution in [0.1, 0.15) is 36.2 Å². The maximum atomic E-state index is 12.6. The summed E-state index contributed by atoms with van der Waals surface area (Å²) in [6.45, 7) is 5.32. The smallest absolute Gasteiger partial charge is 0.180 e. The number of hydrogen-bond donors (Lipinski definition) is 1. The lowest BCUT2D eigenvalue weighted by molar-refractivity contribution is 0.0397. The van der Waals surface area contributed by atoms with E-state index in [9.17, 15) is 9.90 Å². The number of hydrogen-bond acceptors (Lipinski definition) is 3. The molecule has 2 bridgehead atoms. The Kier molecular flexibility index (Phi) is 2.33. The molecule has 2 aliphatic rings. The number of phenols is 1. The Labute approximate surface area is 107 Å². The molecule has 1 aliphatic carbocycles. The summed E-state index contributed by atoms with van der Waals surface area (Å²) in [5.41, 5.74) is 1.83. The number of likely N-dealkylation sites (tertiary alicyclic amines) is 1. The van der Waals surface area contributed by atoms with Crippen LogP contribution in [-0.4, -0.2) is 35.4 Å². The summed E-state index contributed by atoms with van der Waals surface area (Å²) in [5.74, 6) is 0.752. The molecule has 1 N–H and O–H groups in total. The van der Waals surface area contributed by atoms with Gasteiger partial charge in [-0.15, -0.1) is 0 Å². The average Bonchev–Trinajstić information content (AvgIpc) is 2.33. The molecule has 1 fully saturated rings. The molecule has 0 radical (unpaired) electrons. The number of Topliss-reactive ketones (excluding diaryl/α,β-unsaturated/α-hetero) is 1. The Balaban J connectivity index is 2.25. The molecule has 3 atom stereocenters. The molecule has 96 valence electrons. The van der Waals surface area contributed by atoms with Gasteiger partial charge in [0.1, 0.15) is 5.75 Å². The van der Waals surface area contributed by atoms with Crippen LogP contribution in [-0.2, 0) is 5.41 Å². The quantitative estimate of drug-likeness (QED) is 0.761. The van der Waals surface area contributed by atoms with E-state index < -0.39 is 0 Å². The molecule has 1 aromatic rings. The maximum Gasteiger partial charge on any atom is 0.180 e. The topological polar surface area (TPSA) is 40.5 Å². The van der Waals surface area contributed by atoms with Crippen LogP contribution in [0.25, 0.3) is 0 Å². The molecule has 0 amide bonds. The third kappa shape index (κ3) is 1.31. The summed E-state index contributed by atoms with van der Waals surface area (Å²) >= 11 is 0. The first-order valence-electron chi connectivity index (χ1n) is 6.53. The van der Waals surface area contributed by atoms with Gasteiger partial charge in [0.25, 0.3) is 0 Å². The van der Waals surface area contributed by atoms with Crippen LogP contribution >= 0.6 is 0 Å². The second kappa shape index (κ2) is 3.58. The van der Waals surface area contributed by atoms with E-state index in [1.165, 1.54) is 0 Å². The van der Waals surface area contributed by atoms with Crippen LogP contribution in [0.4, 0.5) is 0 Å². The molecule has 3 rings (SSSR count). The minimum absolute atomic E-state index is 0.000833. The highest BCUT2D eigenvalue weighted by molar-refractivity contribution is 6.03. The Morgan fingerprint density at radius 2 is 2.17 bits per heavy atom. The largest absolute Gasteiger partial charge is 0.508 e. The number of nitrogens with zero attached hydrogens (tertiary/aromatic N) is 1. The molecular weight excluding hydrogens is 226 g/mol. The molecule has 0 saturated carbocycles. The lowest BCUT2D eigenvalue weighted by atomic mass is 9.58. The van der Waals surface area contributed by atoms with E-state index in [0.717, 1.165) is 24.1 Å². The predicted octanol–water partition coefficient (Wildman–Crippen LogP) is 2.19. The fourth-order valence-corrected chi connectivity index (χ4v) is 3.69. The van der Waals surface area contributed by atoms with Gasteiger partial charge in [-0.25, -0.2) is 0 Å². The van der Waals surface area contributed by atoms with Crippen molar-refractivity contribution in [3.63, 3.8) is 0 Å². The Morgan fingerprint density at radius 3 is 2.89 bits per heavy atom. The lowest BCUT2D eigenvalue weighted by Crippen LogP contribution is -2.59. The van der Waals surface area contributed by atoms with Crippen molar-refractivity contribution in [2.75, 3.05) is 13.6 Å². The summed E-state index contributed by atoms with van der Waals surface area (Å²) in [7, 11) is 2.03. The van der Waals surface area contributed by atoms with Crippen LogP contribution < -0.4 is 0 Å². The SMILES string of the molecule is C[C@H]1C2C(=O)c3ccc(O)cc3[C@@]1(C)CCN2C. The van der Waals surface area contributed by atoms with E-state index in [0.29, 0.717) is 0 Å². The molecular formula is C15H19NO2. The second-order valence-corrected chi connectivity index (χ2v) is 5.98. The minimum Gasteiger partial charge on any atom is -0.508 e. The van der Waals surface area contributed by atoms with Crippen molar-refractivity contribution in [1.29, 1.82) is 0 Å². The predicted molar refractivity (Wildman–Crippen MR) is 70.0 cm³/mol. The van der Waals surface area contributed by atoms with Gasteiger partial charge in [-0.2, -0.15) is 0 Å². The summed E-state index contributed by atoms with van der Waals surface area (Å²) in [6.07, 6.45) is 1.03. The molecule has 1 unspecified atom stereocenters. The van der Waals surface area contributed by atoms with Crippen molar-refractivity contribution >= 4 is 5.78 Å². The van der Waals surface area contributed by atoms with Crippen molar-refractivity contribution in [2.45, 2.75) is 31.7 Å². The Bertz CT molecular complexity index is 525. The van der Waals surface area contributed by atoms with Gasteiger partial charge in [-0.3, -0.25) is 9.69 Å². The number of carbonyl (C=O) groups is 1. The molecule has 1 aromatic carbocycles. The number of aromatic hydroxyl groups is 1. The van der Waals surface area contributed by atoms with Gasteiger partial charge in [0, 0.05) is 5.56 Å². The summed E-state index contributed by atoms with van der Waals surface area (Å²) < 4.78 is 0. The van der Waals surface area contributed by atoms with Gasteiger partial charge in [-0.05, 0) is 55.1 Å². The monoisotopic (exact) mass is 245 g/mol. The van der Waals surface area contributed by atoms with Crippen LogP contribution in [0, 0.1) is 5.92 Å². The van der Waals surface area contributed by atoms with Crippen LogP contribution in [0.2, 0.25) is 0 Å². The normalized spacial score (nSPS) is 35.4. The highest BCUT2D eigenvalue weighted by atomic mass is 16.3. The van der Waals surface area contributed by atoms with Gasteiger partial charge in [0.15, 0.2) is 5.78 Å². The molecule has 1 saturated heterocycles. The van der Waals surface area contributed by atoms with E-state index >= 15 is 0 Å². The molecule has 3 heteroatoms. The number of piperidine rings is 1. The highest BCUT2D eigenvalue weighted by Crippen LogP contribution is 2.48. The number of carbonyl (C=O) groups excluding carboxylic acids is 1. The maximum absolute atomic E-state index is 12.6. The van der Waals surface area contributed by atoms with Crippen LogP contribution in [0.3, 0.4) is 0 Å². The van der Waals surface area contributed by atoms with Gasteiger partial charge in [-0.1, -0.05) is 13.8 Å². The third-order valence-electron chi connectivity index (χ3n) is 5.09. The molecule has 3 nitrogen and oxygen atoms in total. The van der Waals surface area contributed by atoms with E-state index in [2.05, 4.69) is 18.7 Å². The van der Waals surface area contributed by atoms with Crippen LogP contribution in [0.5, 0.6) is 5.75 Å². The van der Waals surface area contributed by atoms with E-state index in [1.54, 1.807) is 18.2 Å². The van der Waals surface area contributed by atoms with Crippen molar-refractivity contribution in [3.05, 3.63) is 29.3 Å². The Morgan fingerprint density at radius 1 is 1.44 bits per heavy atom. The van der Waals surface area contributed by atoms with Gasteiger partial charge < -0.3 is 5.11 Å². The molecule has 0 spiro atoms. The number of ketones is 1.